The van der Waals surface area contributed by atoms with Gasteiger partial charge in [0, 0.05) is 5.54 Å². The van der Waals surface area contributed by atoms with Gasteiger partial charge in [0.25, 0.3) is 0 Å². The second-order valence-corrected chi connectivity index (χ2v) is 4.46. The Balaban J connectivity index is 2.96. The second-order valence-electron chi connectivity index (χ2n) is 4.46. The van der Waals surface area contributed by atoms with Crippen LogP contribution in [0.15, 0.2) is 24.3 Å². The van der Waals surface area contributed by atoms with Gasteiger partial charge in [0.2, 0.25) is 0 Å². The molecule has 0 aliphatic carbocycles. The van der Waals surface area contributed by atoms with Crippen molar-refractivity contribution in [1.82, 2.24) is 4.90 Å². The lowest BCUT2D eigenvalue weighted by Crippen LogP contribution is -2.41. The number of methoxy groups -OCH3 is 1. The van der Waals surface area contributed by atoms with E-state index in [-0.39, 0.29) is 5.54 Å². The molecular formula is C14H23NO. The molecule has 0 fully saturated rings. The molecular weight excluding hydrogens is 198 g/mol. The Kier molecular flexibility index (Phi) is 4.36. The van der Waals surface area contributed by atoms with Gasteiger partial charge in [0.05, 0.1) is 7.11 Å². The highest BCUT2D eigenvalue weighted by Crippen LogP contribution is 2.28. The minimum absolute atomic E-state index is 0.0791. The molecule has 16 heavy (non-hydrogen) atoms. The topological polar surface area (TPSA) is 12.5 Å². The maximum atomic E-state index is 5.18. The lowest BCUT2D eigenvalue weighted by Gasteiger charge is -2.37. The summed E-state index contributed by atoms with van der Waals surface area (Å²) < 4.78 is 5.18. The van der Waals surface area contributed by atoms with Gasteiger partial charge in [-0.3, -0.25) is 4.90 Å². The molecule has 1 aromatic rings. The van der Waals surface area contributed by atoms with Gasteiger partial charge < -0.3 is 4.74 Å². The van der Waals surface area contributed by atoms with E-state index in [1.807, 2.05) is 12.1 Å². The third-order valence-electron chi connectivity index (χ3n) is 3.35. The van der Waals surface area contributed by atoms with E-state index in [0.717, 1.165) is 18.8 Å². The molecule has 2 heteroatoms. The molecule has 0 atom stereocenters. The van der Waals surface area contributed by atoms with E-state index in [4.69, 9.17) is 4.74 Å². The van der Waals surface area contributed by atoms with Crippen molar-refractivity contribution in [2.75, 3.05) is 20.2 Å². The largest absolute Gasteiger partial charge is 0.497 e. The van der Waals surface area contributed by atoms with E-state index in [1.165, 1.54) is 5.56 Å². The fourth-order valence-corrected chi connectivity index (χ4v) is 2.20. The summed E-state index contributed by atoms with van der Waals surface area (Å²) in [6.45, 7) is 11.1. The Hall–Kier alpha value is -1.02. The molecule has 0 aliphatic rings. The van der Waals surface area contributed by atoms with Gasteiger partial charge in [0.1, 0.15) is 5.75 Å². The van der Waals surface area contributed by atoms with Crippen molar-refractivity contribution < 1.29 is 4.74 Å². The summed E-state index contributed by atoms with van der Waals surface area (Å²) in [7, 11) is 1.70. The van der Waals surface area contributed by atoms with E-state index in [0.29, 0.717) is 0 Å². The maximum absolute atomic E-state index is 5.18. The highest BCUT2D eigenvalue weighted by atomic mass is 16.5. The van der Waals surface area contributed by atoms with Gasteiger partial charge in [-0.2, -0.15) is 0 Å². The third kappa shape index (κ3) is 2.56. The summed E-state index contributed by atoms with van der Waals surface area (Å²) in [5.74, 6) is 0.916. The highest BCUT2D eigenvalue weighted by Gasteiger charge is 2.26. The molecule has 0 saturated carbocycles. The van der Waals surface area contributed by atoms with Crippen LogP contribution in [-0.4, -0.2) is 25.1 Å². The first-order valence-corrected chi connectivity index (χ1v) is 5.95. The smallest absolute Gasteiger partial charge is 0.118 e. The van der Waals surface area contributed by atoms with Crippen LogP contribution in [0.2, 0.25) is 0 Å². The van der Waals surface area contributed by atoms with Crippen LogP contribution in [0, 0.1) is 0 Å². The molecule has 90 valence electrons. The summed E-state index contributed by atoms with van der Waals surface area (Å²) in [4.78, 5) is 2.45. The quantitative estimate of drug-likeness (QED) is 0.756. The molecule has 2 nitrogen and oxygen atoms in total. The predicted molar refractivity (Wildman–Crippen MR) is 68.9 cm³/mol. The minimum Gasteiger partial charge on any atom is -0.497 e. The van der Waals surface area contributed by atoms with Crippen LogP contribution < -0.4 is 4.74 Å². The number of hydrogen-bond donors (Lipinski definition) is 0. The number of rotatable bonds is 5. The van der Waals surface area contributed by atoms with E-state index in [2.05, 4.69) is 44.7 Å². The van der Waals surface area contributed by atoms with Gasteiger partial charge in [-0.25, -0.2) is 0 Å². The van der Waals surface area contributed by atoms with E-state index >= 15 is 0 Å². The number of nitrogens with zero attached hydrogens (tertiary/aromatic N) is 1. The molecule has 1 aromatic carbocycles. The van der Waals surface area contributed by atoms with Crippen LogP contribution in [-0.2, 0) is 5.54 Å². The Bertz CT molecular complexity index is 312. The molecule has 0 aromatic heterocycles. The molecule has 0 heterocycles. The second kappa shape index (κ2) is 5.35. The molecule has 0 saturated heterocycles. The Labute approximate surface area is 99.2 Å². The SMILES string of the molecule is CCN(CC)C(C)(C)c1ccc(OC)cc1. The molecule has 1 rings (SSSR count). The number of hydrogen-bond acceptors (Lipinski definition) is 2. The van der Waals surface area contributed by atoms with Crippen LogP contribution in [0.25, 0.3) is 0 Å². The summed E-state index contributed by atoms with van der Waals surface area (Å²) in [5, 5.41) is 0. The first-order chi connectivity index (χ1) is 7.56. The van der Waals surface area contributed by atoms with E-state index < -0.39 is 0 Å². The molecule has 0 spiro atoms. The van der Waals surface area contributed by atoms with Gasteiger partial charge in [0.15, 0.2) is 0 Å². The summed E-state index contributed by atoms with van der Waals surface area (Å²) in [5.41, 5.74) is 1.41. The normalized spacial score (nSPS) is 11.9. The zero-order valence-corrected chi connectivity index (χ0v) is 11.1. The minimum atomic E-state index is 0.0791. The maximum Gasteiger partial charge on any atom is 0.118 e. The zero-order valence-electron chi connectivity index (χ0n) is 11.1. The Morgan fingerprint density at radius 3 is 1.94 bits per heavy atom. The molecule has 0 amide bonds. The predicted octanol–water partition coefficient (Wildman–Crippen LogP) is 3.27. The average molecular weight is 221 g/mol. The molecule has 0 aliphatic heterocycles. The highest BCUT2D eigenvalue weighted by molar-refractivity contribution is 5.31. The van der Waals surface area contributed by atoms with E-state index in [9.17, 15) is 0 Å². The fourth-order valence-electron chi connectivity index (χ4n) is 2.20. The van der Waals surface area contributed by atoms with Gasteiger partial charge in [-0.05, 0) is 44.6 Å². The lowest BCUT2D eigenvalue weighted by atomic mass is 9.92. The van der Waals surface area contributed by atoms with Gasteiger partial charge in [-0.1, -0.05) is 26.0 Å². The first-order valence-electron chi connectivity index (χ1n) is 5.95. The van der Waals surface area contributed by atoms with Crippen LogP contribution in [0.5, 0.6) is 5.75 Å². The first kappa shape index (κ1) is 13.0. The van der Waals surface area contributed by atoms with Crippen molar-refractivity contribution in [2.24, 2.45) is 0 Å². The van der Waals surface area contributed by atoms with Crippen LogP contribution >= 0.6 is 0 Å². The number of benzene rings is 1. The van der Waals surface area contributed by atoms with Gasteiger partial charge >= 0.3 is 0 Å². The molecule has 0 N–H and O–H groups in total. The molecule has 0 radical (unpaired) electrons. The third-order valence-corrected chi connectivity index (χ3v) is 3.35. The molecule has 0 unspecified atom stereocenters. The summed E-state index contributed by atoms with van der Waals surface area (Å²) in [6, 6.07) is 8.36. The average Bonchev–Trinajstić information content (AvgIpc) is 2.30. The van der Waals surface area contributed by atoms with Crippen molar-refractivity contribution in [3.63, 3.8) is 0 Å². The number of ether oxygens (including phenoxy) is 1. The van der Waals surface area contributed by atoms with Crippen LogP contribution in [0.3, 0.4) is 0 Å². The van der Waals surface area contributed by atoms with Crippen molar-refractivity contribution in [3.05, 3.63) is 29.8 Å². The lowest BCUT2D eigenvalue weighted by molar-refractivity contribution is 0.135. The Morgan fingerprint density at radius 1 is 1.06 bits per heavy atom. The standard InChI is InChI=1S/C14H23NO/c1-6-15(7-2)14(3,4)12-8-10-13(16-5)11-9-12/h8-11H,6-7H2,1-5H3. The zero-order chi connectivity index (χ0) is 12.2. The summed E-state index contributed by atoms with van der Waals surface area (Å²) >= 11 is 0. The Morgan fingerprint density at radius 2 is 1.56 bits per heavy atom. The van der Waals surface area contributed by atoms with Crippen LogP contribution in [0.1, 0.15) is 33.3 Å². The monoisotopic (exact) mass is 221 g/mol. The van der Waals surface area contributed by atoms with Crippen LogP contribution in [0.4, 0.5) is 0 Å². The van der Waals surface area contributed by atoms with Crippen molar-refractivity contribution >= 4 is 0 Å². The fraction of sp³-hybridized carbons (Fsp3) is 0.571. The van der Waals surface area contributed by atoms with Crippen molar-refractivity contribution in [2.45, 2.75) is 33.2 Å². The van der Waals surface area contributed by atoms with Crippen molar-refractivity contribution in [3.8, 4) is 5.75 Å². The van der Waals surface area contributed by atoms with E-state index in [1.54, 1.807) is 7.11 Å². The summed E-state index contributed by atoms with van der Waals surface area (Å²) in [6.07, 6.45) is 0. The molecule has 0 bridgehead atoms. The van der Waals surface area contributed by atoms with Crippen molar-refractivity contribution in [1.29, 1.82) is 0 Å². The van der Waals surface area contributed by atoms with Gasteiger partial charge in [-0.15, -0.1) is 0 Å².